The van der Waals surface area contributed by atoms with Gasteiger partial charge >= 0.3 is 5.97 Å². The van der Waals surface area contributed by atoms with Gasteiger partial charge in [-0.1, -0.05) is 20.8 Å². The largest absolute Gasteiger partial charge is 0.480 e. The van der Waals surface area contributed by atoms with Gasteiger partial charge in [-0.05, 0) is 18.3 Å². The number of hydrogen-bond acceptors (Lipinski definition) is 3. The molecule has 1 aliphatic rings. The average molecular weight is 257 g/mol. The Morgan fingerprint density at radius 1 is 1.39 bits per heavy atom. The number of carboxylic acid groups (broad SMARTS) is 1. The summed E-state index contributed by atoms with van der Waals surface area (Å²) in [5.74, 6) is -1.06. The van der Waals surface area contributed by atoms with E-state index >= 15 is 0 Å². The summed E-state index contributed by atoms with van der Waals surface area (Å²) in [6.07, 6.45) is 2.17. The van der Waals surface area contributed by atoms with E-state index in [1.165, 1.54) is 4.90 Å². The summed E-state index contributed by atoms with van der Waals surface area (Å²) in [7, 11) is 0. The second-order valence-corrected chi connectivity index (χ2v) is 5.93. The minimum absolute atomic E-state index is 0.0741. The summed E-state index contributed by atoms with van der Waals surface area (Å²) in [6, 6.07) is -0.819. The van der Waals surface area contributed by atoms with Crippen LogP contribution in [0.2, 0.25) is 0 Å². The predicted molar refractivity (Wildman–Crippen MR) is 67.3 cm³/mol. The Bertz CT molecular complexity index is 309. The van der Waals surface area contributed by atoms with Crippen molar-refractivity contribution >= 4 is 11.9 Å². The standard InChI is InChI=1S/C13H23NO4/c1-13(2,3)6-4-5-11(15)14-7-8-18-9-10(14)12(16)17/h10H,4-9H2,1-3H3,(H,16,17). The number of morpholine rings is 1. The lowest BCUT2D eigenvalue weighted by Crippen LogP contribution is -2.52. The molecule has 5 heteroatoms. The highest BCUT2D eigenvalue weighted by Crippen LogP contribution is 2.22. The lowest BCUT2D eigenvalue weighted by molar-refractivity contribution is -0.158. The molecule has 1 amide bonds. The molecule has 0 saturated carbocycles. The molecule has 0 aromatic heterocycles. The van der Waals surface area contributed by atoms with Crippen LogP contribution >= 0.6 is 0 Å². The Hall–Kier alpha value is -1.10. The normalized spacial score (nSPS) is 20.8. The van der Waals surface area contributed by atoms with Crippen molar-refractivity contribution in [2.45, 2.75) is 46.1 Å². The number of carboxylic acids is 1. The average Bonchev–Trinajstić information content (AvgIpc) is 2.27. The van der Waals surface area contributed by atoms with Crippen molar-refractivity contribution in [3.05, 3.63) is 0 Å². The Kier molecular flexibility index (Phi) is 5.14. The third-order valence-electron chi connectivity index (χ3n) is 3.05. The van der Waals surface area contributed by atoms with E-state index in [-0.39, 0.29) is 17.9 Å². The number of hydrogen-bond donors (Lipinski definition) is 1. The molecule has 0 radical (unpaired) electrons. The van der Waals surface area contributed by atoms with Crippen LogP contribution in [0.4, 0.5) is 0 Å². The van der Waals surface area contributed by atoms with Gasteiger partial charge in [0, 0.05) is 13.0 Å². The van der Waals surface area contributed by atoms with Crippen LogP contribution in [-0.4, -0.2) is 47.7 Å². The van der Waals surface area contributed by atoms with Gasteiger partial charge in [0.25, 0.3) is 0 Å². The molecule has 0 aromatic rings. The van der Waals surface area contributed by atoms with Crippen LogP contribution in [0.15, 0.2) is 0 Å². The minimum Gasteiger partial charge on any atom is -0.480 e. The van der Waals surface area contributed by atoms with Gasteiger partial charge in [0.2, 0.25) is 5.91 Å². The molecule has 1 rings (SSSR count). The molecule has 1 N–H and O–H groups in total. The fraction of sp³-hybridized carbons (Fsp3) is 0.846. The maximum absolute atomic E-state index is 12.0. The third-order valence-corrected chi connectivity index (χ3v) is 3.05. The second kappa shape index (κ2) is 6.18. The second-order valence-electron chi connectivity index (χ2n) is 5.93. The van der Waals surface area contributed by atoms with Crippen molar-refractivity contribution in [3.8, 4) is 0 Å². The van der Waals surface area contributed by atoms with Gasteiger partial charge in [-0.15, -0.1) is 0 Å². The highest BCUT2D eigenvalue weighted by molar-refractivity contribution is 5.83. The highest BCUT2D eigenvalue weighted by atomic mass is 16.5. The van der Waals surface area contributed by atoms with Gasteiger partial charge in [0.15, 0.2) is 6.04 Å². The fourth-order valence-corrected chi connectivity index (χ4v) is 2.02. The van der Waals surface area contributed by atoms with Crippen LogP contribution in [-0.2, 0) is 14.3 Å². The summed E-state index contributed by atoms with van der Waals surface area (Å²) in [5.41, 5.74) is 0.206. The first kappa shape index (κ1) is 15.0. The van der Waals surface area contributed by atoms with Crippen molar-refractivity contribution < 1.29 is 19.4 Å². The van der Waals surface area contributed by atoms with Crippen LogP contribution in [0.3, 0.4) is 0 Å². The number of aliphatic carboxylic acids is 1. The van der Waals surface area contributed by atoms with Crippen LogP contribution in [0, 0.1) is 5.41 Å². The molecule has 5 nitrogen and oxygen atoms in total. The molecule has 0 aromatic carbocycles. The molecule has 104 valence electrons. The SMILES string of the molecule is CC(C)(C)CCCC(=O)N1CCOCC1C(=O)O. The van der Waals surface area contributed by atoms with E-state index in [0.29, 0.717) is 19.6 Å². The molecular formula is C13H23NO4. The summed E-state index contributed by atoms with van der Waals surface area (Å²) >= 11 is 0. The van der Waals surface area contributed by atoms with Crippen molar-refractivity contribution in [2.24, 2.45) is 5.41 Å². The van der Waals surface area contributed by atoms with E-state index in [9.17, 15) is 9.59 Å². The number of nitrogens with zero attached hydrogens (tertiary/aromatic N) is 1. The lowest BCUT2D eigenvalue weighted by atomic mass is 9.90. The Morgan fingerprint density at radius 2 is 2.06 bits per heavy atom. The molecule has 1 fully saturated rings. The Labute approximate surface area is 108 Å². The summed E-state index contributed by atoms with van der Waals surface area (Å²) in [5, 5.41) is 9.04. The first-order valence-electron chi connectivity index (χ1n) is 6.41. The van der Waals surface area contributed by atoms with Crippen molar-refractivity contribution in [1.82, 2.24) is 4.90 Å². The van der Waals surface area contributed by atoms with E-state index in [4.69, 9.17) is 9.84 Å². The van der Waals surface area contributed by atoms with Crippen LogP contribution in [0.25, 0.3) is 0 Å². The van der Waals surface area contributed by atoms with Crippen LogP contribution in [0.5, 0.6) is 0 Å². The minimum atomic E-state index is -0.987. The summed E-state index contributed by atoms with van der Waals surface area (Å²) in [6.45, 7) is 7.30. The zero-order valence-electron chi connectivity index (χ0n) is 11.4. The van der Waals surface area contributed by atoms with Gasteiger partial charge < -0.3 is 14.7 Å². The lowest BCUT2D eigenvalue weighted by Gasteiger charge is -2.33. The molecule has 1 unspecified atom stereocenters. The van der Waals surface area contributed by atoms with Crippen molar-refractivity contribution in [1.29, 1.82) is 0 Å². The molecule has 1 atom stereocenters. The van der Waals surface area contributed by atoms with Gasteiger partial charge in [-0.3, -0.25) is 4.79 Å². The maximum Gasteiger partial charge on any atom is 0.328 e. The maximum atomic E-state index is 12.0. The zero-order chi connectivity index (χ0) is 13.8. The molecule has 0 aliphatic carbocycles. The third kappa shape index (κ3) is 4.64. The van der Waals surface area contributed by atoms with E-state index in [2.05, 4.69) is 20.8 Å². The topological polar surface area (TPSA) is 66.8 Å². The highest BCUT2D eigenvalue weighted by Gasteiger charge is 2.32. The van der Waals surface area contributed by atoms with Crippen LogP contribution in [0.1, 0.15) is 40.0 Å². The van der Waals surface area contributed by atoms with E-state index in [1.807, 2.05) is 0 Å². The number of carbonyl (C=O) groups is 2. The predicted octanol–water partition coefficient (Wildman–Crippen LogP) is 1.51. The zero-order valence-corrected chi connectivity index (χ0v) is 11.4. The summed E-state index contributed by atoms with van der Waals surface area (Å²) in [4.78, 5) is 24.5. The first-order valence-corrected chi connectivity index (χ1v) is 6.41. The smallest absolute Gasteiger partial charge is 0.328 e. The first-order chi connectivity index (χ1) is 8.31. The van der Waals surface area contributed by atoms with E-state index in [0.717, 1.165) is 12.8 Å². The van der Waals surface area contributed by atoms with E-state index < -0.39 is 12.0 Å². The molecule has 1 saturated heterocycles. The van der Waals surface area contributed by atoms with Gasteiger partial charge in [0.05, 0.1) is 13.2 Å². The molecule has 1 heterocycles. The van der Waals surface area contributed by atoms with Gasteiger partial charge in [0.1, 0.15) is 0 Å². The number of amides is 1. The monoisotopic (exact) mass is 257 g/mol. The molecular weight excluding hydrogens is 234 g/mol. The number of ether oxygens (including phenoxy) is 1. The number of rotatable bonds is 4. The quantitative estimate of drug-likeness (QED) is 0.829. The number of carbonyl (C=O) groups excluding carboxylic acids is 1. The molecule has 18 heavy (non-hydrogen) atoms. The molecule has 1 aliphatic heterocycles. The van der Waals surface area contributed by atoms with Crippen molar-refractivity contribution in [2.75, 3.05) is 19.8 Å². The summed E-state index contributed by atoms with van der Waals surface area (Å²) < 4.78 is 5.11. The van der Waals surface area contributed by atoms with Crippen molar-refractivity contribution in [3.63, 3.8) is 0 Å². The molecule has 0 bridgehead atoms. The van der Waals surface area contributed by atoms with E-state index in [1.54, 1.807) is 0 Å². The van der Waals surface area contributed by atoms with Gasteiger partial charge in [-0.25, -0.2) is 4.79 Å². The molecule has 0 spiro atoms. The van der Waals surface area contributed by atoms with Gasteiger partial charge in [-0.2, -0.15) is 0 Å². The Morgan fingerprint density at radius 3 is 2.61 bits per heavy atom. The van der Waals surface area contributed by atoms with Crippen LogP contribution < -0.4 is 0 Å². The fourth-order valence-electron chi connectivity index (χ4n) is 2.02. The Balaban J connectivity index is 2.46.